The number of nitrogens with zero attached hydrogens (tertiary/aromatic N) is 2. The summed E-state index contributed by atoms with van der Waals surface area (Å²) >= 11 is 0. The number of nitrogens with one attached hydrogen (secondary N) is 2. The Hall–Kier alpha value is -2.82. The molecule has 0 spiro atoms. The smallest absolute Gasteiger partial charge is 0.253 e. The first-order valence-electron chi connectivity index (χ1n) is 9.81. The lowest BCUT2D eigenvalue weighted by Gasteiger charge is -2.15. The van der Waals surface area contributed by atoms with E-state index in [0.717, 1.165) is 43.0 Å². The fourth-order valence-electron chi connectivity index (χ4n) is 3.02. The summed E-state index contributed by atoms with van der Waals surface area (Å²) in [4.78, 5) is 18.0. The van der Waals surface area contributed by atoms with Crippen LogP contribution in [-0.2, 0) is 6.42 Å². The van der Waals surface area contributed by atoms with Crippen molar-refractivity contribution >= 4 is 11.9 Å². The highest BCUT2D eigenvalue weighted by Gasteiger charge is 2.08. The molecule has 0 aliphatic heterocycles. The molecule has 5 nitrogen and oxygen atoms in total. The molecule has 0 saturated heterocycles. The zero-order valence-electron chi connectivity index (χ0n) is 17.4. The minimum absolute atomic E-state index is 0.0276. The van der Waals surface area contributed by atoms with E-state index in [0.29, 0.717) is 5.92 Å². The van der Waals surface area contributed by atoms with Crippen molar-refractivity contribution < 1.29 is 4.79 Å². The van der Waals surface area contributed by atoms with E-state index in [2.05, 4.69) is 46.8 Å². The Morgan fingerprint density at radius 3 is 2.43 bits per heavy atom. The molecule has 0 heterocycles. The average Bonchev–Trinajstić information content (AvgIpc) is 2.72. The van der Waals surface area contributed by atoms with Gasteiger partial charge < -0.3 is 15.5 Å². The fraction of sp³-hybridized carbons (Fsp3) is 0.391. The minimum Gasteiger partial charge on any atom is -0.356 e. The second-order valence-electron chi connectivity index (χ2n) is 7.18. The summed E-state index contributed by atoms with van der Waals surface area (Å²) in [5.41, 5.74) is 3.22. The number of carbonyl (C=O) groups is 1. The molecule has 2 rings (SSSR count). The molecule has 0 saturated carbocycles. The van der Waals surface area contributed by atoms with Crippen LogP contribution in [0.5, 0.6) is 0 Å². The molecule has 0 aromatic heterocycles. The molecular formula is C23H32N4O. The van der Waals surface area contributed by atoms with Crippen LogP contribution in [0.4, 0.5) is 0 Å². The lowest BCUT2D eigenvalue weighted by atomic mass is 9.98. The monoisotopic (exact) mass is 380 g/mol. The predicted molar refractivity (Wildman–Crippen MR) is 117 cm³/mol. The van der Waals surface area contributed by atoms with Crippen molar-refractivity contribution in [1.82, 2.24) is 15.5 Å². The first-order valence-corrected chi connectivity index (χ1v) is 9.81. The van der Waals surface area contributed by atoms with Gasteiger partial charge in [-0.25, -0.2) is 0 Å². The number of rotatable bonds is 8. The van der Waals surface area contributed by atoms with Crippen LogP contribution in [0.1, 0.15) is 40.7 Å². The van der Waals surface area contributed by atoms with Crippen molar-refractivity contribution in [2.45, 2.75) is 25.7 Å². The lowest BCUT2D eigenvalue weighted by Crippen LogP contribution is -2.39. The average molecular weight is 381 g/mol. The van der Waals surface area contributed by atoms with Crippen molar-refractivity contribution in [1.29, 1.82) is 0 Å². The molecule has 0 aliphatic carbocycles. The van der Waals surface area contributed by atoms with Gasteiger partial charge in [-0.3, -0.25) is 9.79 Å². The van der Waals surface area contributed by atoms with Gasteiger partial charge >= 0.3 is 0 Å². The van der Waals surface area contributed by atoms with Gasteiger partial charge in [0.05, 0.1) is 0 Å². The third kappa shape index (κ3) is 6.72. The third-order valence-electron chi connectivity index (χ3n) is 4.75. The van der Waals surface area contributed by atoms with Crippen molar-refractivity contribution in [2.24, 2.45) is 4.99 Å². The van der Waals surface area contributed by atoms with Crippen molar-refractivity contribution in [3.8, 4) is 0 Å². The second-order valence-corrected chi connectivity index (χ2v) is 7.18. The molecule has 5 heteroatoms. The largest absolute Gasteiger partial charge is 0.356 e. The van der Waals surface area contributed by atoms with Crippen molar-refractivity contribution in [2.75, 3.05) is 34.2 Å². The maximum absolute atomic E-state index is 12.1. The van der Waals surface area contributed by atoms with Gasteiger partial charge in [-0.2, -0.15) is 0 Å². The van der Waals surface area contributed by atoms with Gasteiger partial charge in [0.2, 0.25) is 0 Å². The molecule has 2 N–H and O–H groups in total. The Kier molecular flexibility index (Phi) is 8.53. The third-order valence-corrected chi connectivity index (χ3v) is 4.75. The van der Waals surface area contributed by atoms with E-state index >= 15 is 0 Å². The molecule has 28 heavy (non-hydrogen) atoms. The van der Waals surface area contributed by atoms with Crippen LogP contribution in [0.2, 0.25) is 0 Å². The van der Waals surface area contributed by atoms with E-state index in [4.69, 9.17) is 0 Å². The molecule has 2 aromatic rings. The Labute approximate surface area is 168 Å². The summed E-state index contributed by atoms with van der Waals surface area (Å²) < 4.78 is 0. The zero-order chi connectivity index (χ0) is 20.4. The van der Waals surface area contributed by atoms with E-state index < -0.39 is 0 Å². The Morgan fingerprint density at radius 2 is 1.75 bits per heavy atom. The number of amides is 1. The van der Waals surface area contributed by atoms with Gasteiger partial charge in [-0.1, -0.05) is 49.4 Å². The highest BCUT2D eigenvalue weighted by molar-refractivity contribution is 5.94. The lowest BCUT2D eigenvalue weighted by molar-refractivity contribution is 0.0827. The normalized spacial score (nSPS) is 12.4. The quantitative estimate of drug-likeness (QED) is 0.546. The van der Waals surface area contributed by atoms with Gasteiger partial charge in [0.15, 0.2) is 5.96 Å². The highest BCUT2D eigenvalue weighted by Crippen LogP contribution is 2.17. The molecule has 150 valence electrons. The number of hydrogen-bond acceptors (Lipinski definition) is 2. The van der Waals surface area contributed by atoms with Crippen LogP contribution >= 0.6 is 0 Å². The molecule has 1 atom stereocenters. The molecule has 2 aromatic carbocycles. The molecule has 0 aliphatic rings. The van der Waals surface area contributed by atoms with Crippen LogP contribution in [0.15, 0.2) is 59.6 Å². The maximum atomic E-state index is 12.1. The Bertz CT molecular complexity index is 771. The summed E-state index contributed by atoms with van der Waals surface area (Å²) in [5, 5.41) is 6.73. The topological polar surface area (TPSA) is 56.7 Å². The summed E-state index contributed by atoms with van der Waals surface area (Å²) in [6.45, 7) is 3.87. The molecule has 1 unspecified atom stereocenters. The van der Waals surface area contributed by atoms with Crippen LogP contribution in [0.25, 0.3) is 0 Å². The van der Waals surface area contributed by atoms with E-state index in [1.165, 1.54) is 5.56 Å². The van der Waals surface area contributed by atoms with Crippen LogP contribution in [0, 0.1) is 0 Å². The van der Waals surface area contributed by atoms with E-state index in [1.807, 2.05) is 30.3 Å². The van der Waals surface area contributed by atoms with Gasteiger partial charge in [0.1, 0.15) is 0 Å². The van der Waals surface area contributed by atoms with E-state index in [-0.39, 0.29) is 5.91 Å². The number of guanidine groups is 1. The van der Waals surface area contributed by atoms with Gasteiger partial charge in [0, 0.05) is 39.8 Å². The van der Waals surface area contributed by atoms with Crippen molar-refractivity contribution in [3.63, 3.8) is 0 Å². The maximum Gasteiger partial charge on any atom is 0.253 e. The van der Waals surface area contributed by atoms with Gasteiger partial charge in [-0.15, -0.1) is 0 Å². The van der Waals surface area contributed by atoms with Crippen molar-refractivity contribution in [3.05, 3.63) is 71.3 Å². The number of aliphatic imine (C=N–C) groups is 1. The second kappa shape index (κ2) is 11.1. The number of carbonyl (C=O) groups excluding carboxylic acids is 1. The van der Waals surface area contributed by atoms with Gasteiger partial charge in [-0.05, 0) is 42.0 Å². The first-order chi connectivity index (χ1) is 13.5. The zero-order valence-corrected chi connectivity index (χ0v) is 17.4. The minimum atomic E-state index is 0.0276. The molecule has 0 radical (unpaired) electrons. The van der Waals surface area contributed by atoms with Crippen LogP contribution in [-0.4, -0.2) is 51.0 Å². The SMILES string of the molecule is CN=C(NCCc1cccc(C(=O)N(C)C)c1)NCCC(C)c1ccccc1. The first kappa shape index (κ1) is 21.5. The highest BCUT2D eigenvalue weighted by atomic mass is 16.2. The van der Waals surface area contributed by atoms with Crippen LogP contribution < -0.4 is 10.6 Å². The van der Waals surface area contributed by atoms with Crippen LogP contribution in [0.3, 0.4) is 0 Å². The standard InChI is InChI=1S/C23H32N4O/c1-18(20-10-6-5-7-11-20)13-15-25-23(24-2)26-16-14-19-9-8-12-21(17-19)22(28)27(3)4/h5-12,17-18H,13-16H2,1-4H3,(H2,24,25,26). The summed E-state index contributed by atoms with van der Waals surface area (Å²) in [6.07, 6.45) is 1.87. The Balaban J connectivity index is 1.75. The molecule has 0 fully saturated rings. The molecule has 0 bridgehead atoms. The van der Waals surface area contributed by atoms with Gasteiger partial charge in [0.25, 0.3) is 5.91 Å². The number of benzene rings is 2. The van der Waals surface area contributed by atoms with E-state index in [1.54, 1.807) is 26.0 Å². The summed E-state index contributed by atoms with van der Waals surface area (Å²) in [6, 6.07) is 18.4. The summed E-state index contributed by atoms with van der Waals surface area (Å²) in [7, 11) is 5.32. The number of hydrogen-bond donors (Lipinski definition) is 2. The van der Waals surface area contributed by atoms with E-state index in [9.17, 15) is 4.79 Å². The molecule has 1 amide bonds. The fourth-order valence-corrected chi connectivity index (χ4v) is 3.02. The summed E-state index contributed by atoms with van der Waals surface area (Å²) in [5.74, 6) is 1.34. The predicted octanol–water partition coefficient (Wildman–Crippen LogP) is 3.29. The molecular weight excluding hydrogens is 348 g/mol. The Morgan fingerprint density at radius 1 is 1.04 bits per heavy atom.